The smallest absolute Gasteiger partial charge is 0.251 e. The van der Waals surface area contributed by atoms with Crippen LogP contribution < -0.4 is 10.6 Å². The molecule has 2 N–H and O–H groups in total. The Bertz CT molecular complexity index is 1190. The van der Waals surface area contributed by atoms with Gasteiger partial charge < -0.3 is 15.2 Å². The third kappa shape index (κ3) is 6.27. The Kier molecular flexibility index (Phi) is 8.54. The van der Waals surface area contributed by atoms with Gasteiger partial charge >= 0.3 is 0 Å². The van der Waals surface area contributed by atoms with Crippen LogP contribution in [-0.4, -0.2) is 32.3 Å². The lowest BCUT2D eigenvalue weighted by Gasteiger charge is -2.21. The zero-order valence-corrected chi connectivity index (χ0v) is 22.7. The standard InChI is InChI=1S/C25H30BrN5O2S/c1-14(2)22(28-24(33)18-9-7-15(3)8-10-18)23-29-30-25(31(23)6)34-13-21(32)27-20-12-17(5)16(4)11-19(20)26/h7-12,14,22H,13H2,1-6H3,(H,27,32)(H,28,33)/t22-/m1/s1. The molecule has 0 unspecified atom stereocenters. The molecule has 1 heterocycles. The number of aromatic nitrogens is 3. The highest BCUT2D eigenvalue weighted by Crippen LogP contribution is 2.27. The van der Waals surface area contributed by atoms with Crippen LogP contribution in [0.2, 0.25) is 0 Å². The summed E-state index contributed by atoms with van der Waals surface area (Å²) in [6.07, 6.45) is 0. The Balaban J connectivity index is 1.67. The topological polar surface area (TPSA) is 88.9 Å². The molecule has 1 atom stereocenters. The van der Waals surface area contributed by atoms with Crippen molar-refractivity contribution in [2.45, 2.75) is 45.8 Å². The average molecular weight is 545 g/mol. The van der Waals surface area contributed by atoms with E-state index in [9.17, 15) is 9.59 Å². The lowest BCUT2D eigenvalue weighted by Crippen LogP contribution is -2.33. The highest BCUT2D eigenvalue weighted by atomic mass is 79.9. The summed E-state index contributed by atoms with van der Waals surface area (Å²) in [6, 6.07) is 11.1. The Hall–Kier alpha value is -2.65. The van der Waals surface area contributed by atoms with Gasteiger partial charge in [0.2, 0.25) is 5.91 Å². The van der Waals surface area contributed by atoms with Gasteiger partial charge in [0.05, 0.1) is 17.5 Å². The Morgan fingerprint density at radius 2 is 1.71 bits per heavy atom. The number of thioether (sulfide) groups is 1. The minimum Gasteiger partial charge on any atom is -0.342 e. The first-order valence-corrected chi connectivity index (χ1v) is 12.8. The highest BCUT2D eigenvalue weighted by molar-refractivity contribution is 9.10. The molecule has 9 heteroatoms. The number of benzene rings is 2. The molecule has 0 aliphatic heterocycles. The van der Waals surface area contributed by atoms with Crippen LogP contribution in [0.5, 0.6) is 0 Å². The molecule has 2 aromatic carbocycles. The second-order valence-corrected chi connectivity index (χ2v) is 10.5. The number of nitrogens with one attached hydrogen (secondary N) is 2. The fourth-order valence-electron chi connectivity index (χ4n) is 3.37. The van der Waals surface area contributed by atoms with Crippen LogP contribution in [0.3, 0.4) is 0 Å². The summed E-state index contributed by atoms with van der Waals surface area (Å²) in [5, 5.41) is 15.2. The second kappa shape index (κ2) is 11.2. The summed E-state index contributed by atoms with van der Waals surface area (Å²) >= 11 is 4.81. The quantitative estimate of drug-likeness (QED) is 0.373. The molecule has 3 rings (SSSR count). The van der Waals surface area contributed by atoms with Gasteiger partial charge in [0.15, 0.2) is 11.0 Å². The van der Waals surface area contributed by atoms with Crippen molar-refractivity contribution in [3.05, 3.63) is 68.9 Å². The maximum atomic E-state index is 12.8. The number of carbonyl (C=O) groups excluding carboxylic acids is 2. The molecule has 1 aromatic heterocycles. The third-order valence-corrected chi connectivity index (χ3v) is 7.28. The number of amides is 2. The van der Waals surface area contributed by atoms with E-state index >= 15 is 0 Å². The molecule has 7 nitrogen and oxygen atoms in total. The number of aryl methyl sites for hydroxylation is 3. The zero-order chi connectivity index (χ0) is 25.0. The molecule has 180 valence electrons. The minimum atomic E-state index is -0.319. The summed E-state index contributed by atoms with van der Waals surface area (Å²) in [4.78, 5) is 25.3. The van der Waals surface area contributed by atoms with E-state index in [-0.39, 0.29) is 29.5 Å². The Labute approximate surface area is 213 Å². The molecule has 34 heavy (non-hydrogen) atoms. The fourth-order valence-corrected chi connectivity index (χ4v) is 4.65. The van der Waals surface area contributed by atoms with E-state index in [1.165, 1.54) is 11.8 Å². The second-order valence-electron chi connectivity index (χ2n) is 8.71. The predicted octanol–water partition coefficient (Wildman–Crippen LogP) is 5.36. The minimum absolute atomic E-state index is 0.0978. The molecule has 0 saturated carbocycles. The van der Waals surface area contributed by atoms with Crippen molar-refractivity contribution in [2.75, 3.05) is 11.1 Å². The van der Waals surface area contributed by atoms with Gasteiger partial charge in [-0.2, -0.15) is 0 Å². The van der Waals surface area contributed by atoms with E-state index in [0.29, 0.717) is 16.5 Å². The van der Waals surface area contributed by atoms with Gasteiger partial charge in [-0.1, -0.05) is 43.3 Å². The summed E-state index contributed by atoms with van der Waals surface area (Å²) < 4.78 is 2.68. The van der Waals surface area contributed by atoms with Gasteiger partial charge in [-0.05, 0) is 78.0 Å². The molecule has 0 aliphatic carbocycles. The Morgan fingerprint density at radius 3 is 2.35 bits per heavy atom. The molecule has 0 aliphatic rings. The normalized spacial score (nSPS) is 12.0. The number of anilines is 1. The monoisotopic (exact) mass is 543 g/mol. The number of halogens is 1. The lowest BCUT2D eigenvalue weighted by atomic mass is 10.0. The molecule has 3 aromatic rings. The van der Waals surface area contributed by atoms with Gasteiger partial charge in [-0.25, -0.2) is 0 Å². The molecule has 0 bridgehead atoms. The van der Waals surface area contributed by atoms with E-state index in [1.807, 2.05) is 82.6 Å². The largest absolute Gasteiger partial charge is 0.342 e. The number of rotatable bonds is 8. The molecule has 0 saturated heterocycles. The maximum absolute atomic E-state index is 12.8. The Morgan fingerprint density at radius 1 is 1.06 bits per heavy atom. The summed E-state index contributed by atoms with van der Waals surface area (Å²) in [5.74, 6) is 0.643. The summed E-state index contributed by atoms with van der Waals surface area (Å²) in [6.45, 7) is 10.1. The van der Waals surface area contributed by atoms with Crippen molar-refractivity contribution in [3.63, 3.8) is 0 Å². The molecule has 2 amide bonds. The van der Waals surface area contributed by atoms with Crippen LogP contribution in [0, 0.1) is 26.7 Å². The van der Waals surface area contributed by atoms with E-state index in [4.69, 9.17) is 0 Å². The average Bonchev–Trinajstić information content (AvgIpc) is 3.14. The van der Waals surface area contributed by atoms with E-state index in [2.05, 4.69) is 36.8 Å². The van der Waals surface area contributed by atoms with Crippen LogP contribution in [0.15, 0.2) is 46.0 Å². The van der Waals surface area contributed by atoms with Crippen LogP contribution in [0.1, 0.15) is 52.8 Å². The van der Waals surface area contributed by atoms with Crippen molar-refractivity contribution in [2.24, 2.45) is 13.0 Å². The maximum Gasteiger partial charge on any atom is 0.251 e. The highest BCUT2D eigenvalue weighted by Gasteiger charge is 2.25. The SMILES string of the molecule is Cc1ccc(C(=O)N[C@@H](c2nnc(SCC(=O)Nc3cc(C)c(C)cc3Br)n2C)C(C)C)cc1. The van der Waals surface area contributed by atoms with Crippen LogP contribution in [-0.2, 0) is 11.8 Å². The van der Waals surface area contributed by atoms with E-state index in [0.717, 1.165) is 26.9 Å². The molecule has 0 fully saturated rings. The number of nitrogens with zero attached hydrogens (tertiary/aromatic N) is 3. The molecule has 0 radical (unpaired) electrons. The molecule has 0 spiro atoms. The first-order valence-electron chi connectivity index (χ1n) is 11.0. The van der Waals surface area contributed by atoms with Crippen LogP contribution in [0.4, 0.5) is 5.69 Å². The van der Waals surface area contributed by atoms with Gasteiger partial charge in [0, 0.05) is 17.1 Å². The third-order valence-electron chi connectivity index (χ3n) is 5.60. The molecular formula is C25H30BrN5O2S. The van der Waals surface area contributed by atoms with Gasteiger partial charge in [0.1, 0.15) is 0 Å². The summed E-state index contributed by atoms with van der Waals surface area (Å²) in [7, 11) is 1.85. The molecular weight excluding hydrogens is 514 g/mol. The van der Waals surface area contributed by atoms with Crippen molar-refractivity contribution < 1.29 is 9.59 Å². The first-order chi connectivity index (χ1) is 16.1. The van der Waals surface area contributed by atoms with Gasteiger partial charge in [-0.15, -0.1) is 10.2 Å². The van der Waals surface area contributed by atoms with E-state index in [1.54, 1.807) is 0 Å². The van der Waals surface area contributed by atoms with Crippen molar-refractivity contribution >= 4 is 45.2 Å². The van der Waals surface area contributed by atoms with E-state index < -0.39 is 0 Å². The number of hydrogen-bond acceptors (Lipinski definition) is 5. The predicted molar refractivity (Wildman–Crippen MR) is 140 cm³/mol. The van der Waals surface area contributed by atoms with Crippen molar-refractivity contribution in [1.82, 2.24) is 20.1 Å². The summed E-state index contributed by atoms with van der Waals surface area (Å²) in [5.41, 5.74) is 4.70. The number of carbonyl (C=O) groups is 2. The van der Waals surface area contributed by atoms with Gasteiger partial charge in [0.25, 0.3) is 5.91 Å². The zero-order valence-electron chi connectivity index (χ0n) is 20.3. The van der Waals surface area contributed by atoms with Gasteiger partial charge in [-0.3, -0.25) is 9.59 Å². The number of hydrogen-bond donors (Lipinski definition) is 2. The fraction of sp³-hybridized carbons (Fsp3) is 0.360. The lowest BCUT2D eigenvalue weighted by molar-refractivity contribution is -0.113. The van der Waals surface area contributed by atoms with Crippen molar-refractivity contribution in [3.8, 4) is 0 Å². The first kappa shape index (κ1) is 26.0. The van der Waals surface area contributed by atoms with Crippen molar-refractivity contribution in [1.29, 1.82) is 0 Å². The van der Waals surface area contributed by atoms with Crippen LogP contribution >= 0.6 is 27.7 Å². The van der Waals surface area contributed by atoms with Crippen LogP contribution in [0.25, 0.3) is 0 Å².